The lowest BCUT2D eigenvalue weighted by Crippen LogP contribution is -2.27. The van der Waals surface area contributed by atoms with E-state index in [1.807, 2.05) is 0 Å². The van der Waals surface area contributed by atoms with Gasteiger partial charge in [-0.2, -0.15) is 0 Å². The first-order valence-electron chi connectivity index (χ1n) is 5.85. The molecule has 1 rings (SSSR count). The summed E-state index contributed by atoms with van der Waals surface area (Å²) in [5.41, 5.74) is 6.50. The van der Waals surface area contributed by atoms with Gasteiger partial charge in [-0.05, 0) is 0 Å². The number of aromatic nitrogens is 1. The molecule has 0 aliphatic carbocycles. The lowest BCUT2D eigenvalue weighted by molar-refractivity contribution is -0.120. The lowest BCUT2D eigenvalue weighted by Gasteiger charge is -2.14. The van der Waals surface area contributed by atoms with E-state index in [2.05, 4.69) is 36.5 Å². The van der Waals surface area contributed by atoms with E-state index in [0.717, 1.165) is 17.1 Å². The summed E-state index contributed by atoms with van der Waals surface area (Å²) in [6.07, 6.45) is 1.18. The van der Waals surface area contributed by atoms with Gasteiger partial charge in [0.25, 0.3) is 0 Å². The molecule has 0 radical (unpaired) electrons. The van der Waals surface area contributed by atoms with Crippen LogP contribution in [0.25, 0.3) is 0 Å². The topological polar surface area (TPSA) is 68.0 Å². The molecule has 0 saturated heterocycles. The highest BCUT2D eigenvalue weighted by Crippen LogP contribution is 2.23. The fourth-order valence-electron chi connectivity index (χ4n) is 1.30. The van der Waals surface area contributed by atoms with Gasteiger partial charge in [0.15, 0.2) is 0 Å². The number of thiazole rings is 1. The fraction of sp³-hybridized carbons (Fsp3) is 0.667. The summed E-state index contributed by atoms with van der Waals surface area (Å²) in [4.78, 5) is 15.8. The molecule has 0 spiro atoms. The Hall–Kier alpha value is -0.650. The van der Waals surface area contributed by atoms with Crippen LogP contribution in [0, 0.1) is 0 Å². The number of hydrogen-bond acceptors (Lipinski definition) is 4. The van der Waals surface area contributed by atoms with Gasteiger partial charge in [0.1, 0.15) is 0 Å². The van der Waals surface area contributed by atoms with Gasteiger partial charge in [0, 0.05) is 36.7 Å². The zero-order chi connectivity index (χ0) is 12.9. The highest BCUT2D eigenvalue weighted by molar-refractivity contribution is 7.09. The first-order chi connectivity index (χ1) is 7.93. The van der Waals surface area contributed by atoms with E-state index in [4.69, 9.17) is 5.73 Å². The summed E-state index contributed by atoms with van der Waals surface area (Å²) in [5.74, 6) is 0.0140. The van der Waals surface area contributed by atoms with Crippen LogP contribution in [0.15, 0.2) is 5.38 Å². The highest BCUT2D eigenvalue weighted by Gasteiger charge is 2.17. The van der Waals surface area contributed by atoms with Gasteiger partial charge in [0.05, 0.1) is 10.7 Å². The number of hydrogen-bond donors (Lipinski definition) is 2. The molecule has 0 bridgehead atoms. The normalized spacial score (nSPS) is 10.9. The number of nitrogens with one attached hydrogen (secondary N) is 1. The zero-order valence-electron chi connectivity index (χ0n) is 11.2. The van der Waals surface area contributed by atoms with Crippen molar-refractivity contribution in [3.05, 3.63) is 16.1 Å². The Bertz CT molecular complexity index is 374. The average Bonchev–Trinajstić information content (AvgIpc) is 2.66. The molecule has 0 aliphatic rings. The number of halogens is 1. The van der Waals surface area contributed by atoms with Crippen molar-refractivity contribution in [3.8, 4) is 0 Å². The number of carbonyl (C=O) groups is 1. The van der Waals surface area contributed by atoms with E-state index in [9.17, 15) is 4.79 Å². The predicted molar refractivity (Wildman–Crippen MR) is 78.4 cm³/mol. The van der Waals surface area contributed by atoms with Crippen molar-refractivity contribution in [3.63, 3.8) is 0 Å². The van der Waals surface area contributed by atoms with Crippen LogP contribution in [0.3, 0.4) is 0 Å². The Morgan fingerprint density at radius 2 is 2.17 bits per heavy atom. The summed E-state index contributed by atoms with van der Waals surface area (Å²) in [6, 6.07) is 0. The molecule has 18 heavy (non-hydrogen) atoms. The van der Waals surface area contributed by atoms with Crippen LogP contribution in [-0.2, 0) is 16.6 Å². The molecule has 0 saturated carbocycles. The van der Waals surface area contributed by atoms with Crippen LogP contribution in [0.5, 0.6) is 0 Å². The molecule has 1 heterocycles. The first kappa shape index (κ1) is 17.4. The van der Waals surface area contributed by atoms with E-state index in [0.29, 0.717) is 19.5 Å². The Morgan fingerprint density at radius 3 is 2.67 bits per heavy atom. The fourth-order valence-corrected chi connectivity index (χ4v) is 2.32. The van der Waals surface area contributed by atoms with E-state index < -0.39 is 0 Å². The van der Waals surface area contributed by atoms with Crippen LogP contribution in [-0.4, -0.2) is 24.0 Å². The highest BCUT2D eigenvalue weighted by atomic mass is 35.5. The third-order valence-corrected chi connectivity index (χ3v) is 3.26. The largest absolute Gasteiger partial charge is 0.356 e. The molecule has 0 atom stereocenters. The van der Waals surface area contributed by atoms with E-state index >= 15 is 0 Å². The second-order valence-corrected chi connectivity index (χ2v) is 5.96. The maximum absolute atomic E-state index is 11.2. The smallest absolute Gasteiger partial charge is 0.221 e. The SMILES string of the molecule is CC(C)(C)c1csc(CCNC(=O)CCN)n1.Cl. The van der Waals surface area contributed by atoms with Crippen LogP contribution < -0.4 is 11.1 Å². The van der Waals surface area contributed by atoms with Crippen molar-refractivity contribution in [1.29, 1.82) is 0 Å². The van der Waals surface area contributed by atoms with Crippen molar-refractivity contribution in [1.82, 2.24) is 10.3 Å². The Kier molecular flexibility index (Phi) is 7.43. The second-order valence-electron chi connectivity index (χ2n) is 5.02. The summed E-state index contributed by atoms with van der Waals surface area (Å²) in [6.45, 7) is 7.48. The molecule has 0 aromatic carbocycles. The van der Waals surface area contributed by atoms with Crippen LogP contribution >= 0.6 is 23.7 Å². The lowest BCUT2D eigenvalue weighted by atomic mass is 9.93. The number of nitrogens with zero attached hydrogens (tertiary/aromatic N) is 1. The number of nitrogens with two attached hydrogens (primary N) is 1. The van der Waals surface area contributed by atoms with Crippen molar-refractivity contribution in [2.45, 2.75) is 39.0 Å². The summed E-state index contributed by atoms with van der Waals surface area (Å²) < 4.78 is 0. The van der Waals surface area contributed by atoms with Crippen molar-refractivity contribution >= 4 is 29.7 Å². The third kappa shape index (κ3) is 5.80. The molecule has 0 unspecified atom stereocenters. The Balaban J connectivity index is 0.00000289. The second kappa shape index (κ2) is 7.71. The quantitative estimate of drug-likeness (QED) is 0.870. The molecule has 1 aromatic rings. The minimum Gasteiger partial charge on any atom is -0.356 e. The maximum atomic E-state index is 11.2. The van der Waals surface area contributed by atoms with Crippen molar-refractivity contribution in [2.24, 2.45) is 5.73 Å². The molecule has 3 N–H and O–H groups in total. The summed E-state index contributed by atoms with van der Waals surface area (Å²) in [5, 5.41) is 5.99. The maximum Gasteiger partial charge on any atom is 0.221 e. The molecule has 104 valence electrons. The summed E-state index contributed by atoms with van der Waals surface area (Å²) >= 11 is 1.65. The first-order valence-corrected chi connectivity index (χ1v) is 6.73. The predicted octanol–water partition coefficient (Wildman–Crippen LogP) is 1.87. The van der Waals surface area contributed by atoms with Gasteiger partial charge in [-0.15, -0.1) is 23.7 Å². The Labute approximate surface area is 119 Å². The van der Waals surface area contributed by atoms with Gasteiger partial charge in [-0.3, -0.25) is 4.79 Å². The number of carbonyl (C=O) groups excluding carboxylic acids is 1. The third-order valence-electron chi connectivity index (χ3n) is 2.35. The van der Waals surface area contributed by atoms with E-state index in [1.165, 1.54) is 0 Å². The summed E-state index contributed by atoms with van der Waals surface area (Å²) in [7, 11) is 0. The molecule has 1 aromatic heterocycles. The molecular formula is C12H22ClN3OS. The van der Waals surface area contributed by atoms with Gasteiger partial charge < -0.3 is 11.1 Å². The zero-order valence-corrected chi connectivity index (χ0v) is 12.8. The van der Waals surface area contributed by atoms with Crippen LogP contribution in [0.1, 0.15) is 37.9 Å². The van der Waals surface area contributed by atoms with Crippen molar-refractivity contribution < 1.29 is 4.79 Å². The van der Waals surface area contributed by atoms with Gasteiger partial charge in [-0.25, -0.2) is 4.98 Å². The Morgan fingerprint density at radius 1 is 1.50 bits per heavy atom. The van der Waals surface area contributed by atoms with Crippen molar-refractivity contribution in [2.75, 3.05) is 13.1 Å². The molecule has 0 aliphatic heterocycles. The minimum atomic E-state index is 0. The molecule has 1 amide bonds. The van der Waals surface area contributed by atoms with Gasteiger partial charge in [0.2, 0.25) is 5.91 Å². The minimum absolute atomic E-state index is 0. The van der Waals surface area contributed by atoms with Crippen LogP contribution in [0.2, 0.25) is 0 Å². The molecule has 0 fully saturated rings. The average molecular weight is 292 g/mol. The standard InChI is InChI=1S/C12H21N3OS.ClH/c1-12(2,3)9-8-17-11(15-9)5-7-14-10(16)4-6-13;/h8H,4-7,13H2,1-3H3,(H,14,16);1H. The van der Waals surface area contributed by atoms with E-state index in [1.54, 1.807) is 11.3 Å². The van der Waals surface area contributed by atoms with Gasteiger partial charge in [-0.1, -0.05) is 20.8 Å². The molecule has 6 heteroatoms. The molecule has 4 nitrogen and oxygen atoms in total. The molecular weight excluding hydrogens is 270 g/mol. The van der Waals surface area contributed by atoms with Crippen LogP contribution in [0.4, 0.5) is 0 Å². The number of amides is 1. The monoisotopic (exact) mass is 291 g/mol. The number of rotatable bonds is 5. The van der Waals surface area contributed by atoms with E-state index in [-0.39, 0.29) is 23.7 Å². The van der Waals surface area contributed by atoms with Gasteiger partial charge >= 0.3 is 0 Å².